The molecule has 0 spiro atoms. The molecule has 0 radical (unpaired) electrons. The Kier molecular flexibility index (Phi) is 6.03. The Balaban J connectivity index is 1.68. The Morgan fingerprint density at radius 2 is 1.71 bits per heavy atom. The van der Waals surface area contributed by atoms with Crippen LogP contribution in [0.2, 0.25) is 0 Å². The summed E-state index contributed by atoms with van der Waals surface area (Å²) in [5.41, 5.74) is 3.33. The summed E-state index contributed by atoms with van der Waals surface area (Å²) < 4.78 is 3.36. The Morgan fingerprint density at radius 3 is 2.43 bits per heavy atom. The number of hydrogen-bond donors (Lipinski definition) is 1. The summed E-state index contributed by atoms with van der Waals surface area (Å²) in [4.78, 5) is 10.1. The lowest BCUT2D eigenvalue weighted by Crippen LogP contribution is -2.46. The molecule has 0 bridgehead atoms. The van der Waals surface area contributed by atoms with E-state index in [0.717, 1.165) is 61.2 Å². The molecule has 1 saturated heterocycles. The lowest BCUT2D eigenvalue weighted by molar-refractivity contribution is 0.271. The van der Waals surface area contributed by atoms with E-state index in [9.17, 15) is 0 Å². The van der Waals surface area contributed by atoms with Gasteiger partial charge in [0.05, 0.1) is 5.69 Å². The first kappa shape index (κ1) is 19.1. The van der Waals surface area contributed by atoms with Gasteiger partial charge in [-0.15, -0.1) is 0 Å². The van der Waals surface area contributed by atoms with Gasteiger partial charge in [0.2, 0.25) is 0 Å². The molecule has 0 amide bonds. The zero-order valence-electron chi connectivity index (χ0n) is 16.7. The van der Waals surface area contributed by atoms with Crippen molar-refractivity contribution in [2.45, 2.75) is 13.8 Å². The standard InChI is InChI=1S/C23H28N4S/c1-3-26-13-15-27(16-14-26)23-21-8-6-5-7-19(21)17-22(24-23)18-9-11-20(12-10-18)25-28-4-2/h5-12,17,25H,3-4,13-16H2,1-2H3. The van der Waals surface area contributed by atoms with Crippen LogP contribution in [-0.4, -0.2) is 48.4 Å². The summed E-state index contributed by atoms with van der Waals surface area (Å²) in [5, 5.41) is 2.50. The molecule has 1 fully saturated rings. The second-order valence-corrected chi connectivity index (χ2v) is 8.16. The van der Waals surface area contributed by atoms with Crippen molar-refractivity contribution in [1.82, 2.24) is 9.88 Å². The fourth-order valence-corrected chi connectivity index (χ4v) is 4.16. The highest BCUT2D eigenvalue weighted by Crippen LogP contribution is 2.31. The molecular formula is C23H28N4S. The van der Waals surface area contributed by atoms with E-state index in [0.29, 0.717) is 0 Å². The highest BCUT2D eigenvalue weighted by atomic mass is 32.2. The van der Waals surface area contributed by atoms with Gasteiger partial charge in [-0.05, 0) is 30.1 Å². The summed E-state index contributed by atoms with van der Waals surface area (Å²) in [6.45, 7) is 9.78. The second-order valence-electron chi connectivity index (χ2n) is 7.09. The Hall–Kier alpha value is -2.24. The van der Waals surface area contributed by atoms with Crippen LogP contribution in [0.4, 0.5) is 11.5 Å². The molecule has 0 unspecified atom stereocenters. The maximum Gasteiger partial charge on any atom is 0.137 e. The molecule has 1 aliphatic heterocycles. The number of rotatable bonds is 6. The van der Waals surface area contributed by atoms with Gasteiger partial charge in [-0.2, -0.15) is 0 Å². The van der Waals surface area contributed by atoms with Crippen molar-refractivity contribution in [3.8, 4) is 11.3 Å². The predicted molar refractivity (Wildman–Crippen MR) is 123 cm³/mol. The molecule has 1 N–H and O–H groups in total. The van der Waals surface area contributed by atoms with Crippen molar-refractivity contribution in [3.05, 3.63) is 54.6 Å². The number of anilines is 2. The van der Waals surface area contributed by atoms with Crippen LogP contribution in [0.1, 0.15) is 13.8 Å². The molecule has 4 nitrogen and oxygen atoms in total. The molecule has 0 aliphatic carbocycles. The van der Waals surface area contributed by atoms with Crippen LogP contribution < -0.4 is 9.62 Å². The lowest BCUT2D eigenvalue weighted by atomic mass is 10.1. The smallest absolute Gasteiger partial charge is 0.137 e. The van der Waals surface area contributed by atoms with E-state index >= 15 is 0 Å². The monoisotopic (exact) mass is 392 g/mol. The van der Waals surface area contributed by atoms with Gasteiger partial charge in [0, 0.05) is 48.6 Å². The lowest BCUT2D eigenvalue weighted by Gasteiger charge is -2.35. The van der Waals surface area contributed by atoms with Crippen molar-refractivity contribution < 1.29 is 0 Å². The van der Waals surface area contributed by atoms with Gasteiger partial charge >= 0.3 is 0 Å². The number of aromatic nitrogens is 1. The van der Waals surface area contributed by atoms with Crippen molar-refractivity contribution in [2.75, 3.05) is 48.1 Å². The van der Waals surface area contributed by atoms with Crippen molar-refractivity contribution >= 4 is 34.2 Å². The number of nitrogens with one attached hydrogen (secondary N) is 1. The Bertz CT molecular complexity index is 918. The third-order valence-electron chi connectivity index (χ3n) is 5.35. The van der Waals surface area contributed by atoms with Crippen LogP contribution in [0.25, 0.3) is 22.0 Å². The highest BCUT2D eigenvalue weighted by molar-refractivity contribution is 8.00. The number of hydrogen-bond acceptors (Lipinski definition) is 5. The van der Waals surface area contributed by atoms with Gasteiger partial charge < -0.3 is 14.5 Å². The maximum atomic E-state index is 5.12. The zero-order chi connectivity index (χ0) is 19.3. The van der Waals surface area contributed by atoms with E-state index in [1.165, 1.54) is 10.8 Å². The van der Waals surface area contributed by atoms with Gasteiger partial charge in [0.25, 0.3) is 0 Å². The van der Waals surface area contributed by atoms with Gasteiger partial charge in [-0.25, -0.2) is 4.98 Å². The van der Waals surface area contributed by atoms with Crippen LogP contribution in [0.15, 0.2) is 54.6 Å². The average Bonchev–Trinajstić information content (AvgIpc) is 2.77. The van der Waals surface area contributed by atoms with Crippen LogP contribution in [0.5, 0.6) is 0 Å². The topological polar surface area (TPSA) is 31.4 Å². The fraction of sp³-hybridized carbons (Fsp3) is 0.348. The molecule has 1 aromatic heterocycles. The molecule has 146 valence electrons. The summed E-state index contributed by atoms with van der Waals surface area (Å²) in [6.07, 6.45) is 0. The first-order valence-corrected chi connectivity index (χ1v) is 11.1. The minimum absolute atomic E-state index is 1.03. The molecule has 2 aromatic carbocycles. The fourth-order valence-electron chi connectivity index (χ4n) is 3.71. The Morgan fingerprint density at radius 1 is 0.964 bits per heavy atom. The molecule has 5 heteroatoms. The summed E-state index contributed by atoms with van der Waals surface area (Å²) >= 11 is 1.71. The van der Waals surface area contributed by atoms with Crippen LogP contribution in [-0.2, 0) is 0 Å². The summed E-state index contributed by atoms with van der Waals surface area (Å²) in [5.74, 6) is 2.16. The summed E-state index contributed by atoms with van der Waals surface area (Å²) in [6, 6.07) is 19.4. The molecule has 2 heterocycles. The van der Waals surface area contributed by atoms with Crippen LogP contribution in [0, 0.1) is 0 Å². The summed E-state index contributed by atoms with van der Waals surface area (Å²) in [7, 11) is 0. The first-order chi connectivity index (χ1) is 13.8. The number of piperazine rings is 1. The largest absolute Gasteiger partial charge is 0.354 e. The van der Waals surface area contributed by atoms with E-state index in [1.807, 2.05) is 0 Å². The number of nitrogens with zero attached hydrogens (tertiary/aromatic N) is 3. The van der Waals surface area contributed by atoms with E-state index < -0.39 is 0 Å². The third-order valence-corrected chi connectivity index (χ3v) is 6.02. The molecule has 4 rings (SSSR count). The maximum absolute atomic E-state index is 5.12. The number of pyridine rings is 1. The van der Waals surface area contributed by atoms with E-state index in [1.54, 1.807) is 11.9 Å². The van der Waals surface area contributed by atoms with E-state index in [4.69, 9.17) is 4.98 Å². The first-order valence-electron chi connectivity index (χ1n) is 10.1. The second kappa shape index (κ2) is 8.84. The van der Waals surface area contributed by atoms with Gasteiger partial charge in [-0.1, -0.05) is 62.2 Å². The number of fused-ring (bicyclic) bond motifs is 1. The highest BCUT2D eigenvalue weighted by Gasteiger charge is 2.19. The zero-order valence-corrected chi connectivity index (χ0v) is 17.5. The minimum Gasteiger partial charge on any atom is -0.354 e. The quantitative estimate of drug-likeness (QED) is 0.588. The number of likely N-dealkylation sites (N-methyl/N-ethyl adjacent to an activating group) is 1. The number of benzene rings is 2. The van der Waals surface area contributed by atoms with Gasteiger partial charge in [0.1, 0.15) is 5.82 Å². The molecule has 3 aromatic rings. The average molecular weight is 393 g/mol. The van der Waals surface area contributed by atoms with Crippen LogP contribution in [0.3, 0.4) is 0 Å². The van der Waals surface area contributed by atoms with Crippen molar-refractivity contribution in [3.63, 3.8) is 0 Å². The molecular weight excluding hydrogens is 364 g/mol. The molecule has 28 heavy (non-hydrogen) atoms. The predicted octanol–water partition coefficient (Wildman–Crippen LogP) is 5.12. The van der Waals surface area contributed by atoms with E-state index in [2.05, 4.69) is 83.0 Å². The Labute approximate surface area is 172 Å². The van der Waals surface area contributed by atoms with Crippen molar-refractivity contribution in [1.29, 1.82) is 0 Å². The minimum atomic E-state index is 1.03. The van der Waals surface area contributed by atoms with E-state index in [-0.39, 0.29) is 0 Å². The third kappa shape index (κ3) is 4.10. The molecule has 0 saturated carbocycles. The van der Waals surface area contributed by atoms with Crippen molar-refractivity contribution in [2.24, 2.45) is 0 Å². The van der Waals surface area contributed by atoms with Crippen LogP contribution >= 0.6 is 11.9 Å². The molecule has 0 atom stereocenters. The molecule has 1 aliphatic rings. The van der Waals surface area contributed by atoms with Gasteiger partial charge in [0.15, 0.2) is 0 Å². The normalized spacial score (nSPS) is 15.1. The SMILES string of the molecule is CCSNc1ccc(-c2cc3ccccc3c(N3CCN(CC)CC3)n2)cc1. The van der Waals surface area contributed by atoms with Gasteiger partial charge in [-0.3, -0.25) is 0 Å².